The van der Waals surface area contributed by atoms with E-state index in [9.17, 15) is 0 Å². The molecule has 0 N–H and O–H groups in total. The lowest BCUT2D eigenvalue weighted by atomic mass is 9.86. The maximum atomic E-state index is 6.20. The van der Waals surface area contributed by atoms with E-state index in [2.05, 4.69) is 16.7 Å². The fraction of sp³-hybridized carbons (Fsp3) is 0.318. The lowest BCUT2D eigenvalue weighted by Crippen LogP contribution is -2.41. The molecule has 0 aliphatic carbocycles. The first-order chi connectivity index (χ1) is 13.2. The molecule has 2 aromatic carbocycles. The topological polar surface area (TPSA) is 36.3 Å². The number of hydrogen-bond donors (Lipinski definition) is 0. The van der Waals surface area contributed by atoms with Crippen LogP contribution in [-0.4, -0.2) is 27.9 Å². The lowest BCUT2D eigenvalue weighted by Gasteiger charge is -2.32. The molecular weight excluding hydrogens is 371 g/mol. The first kappa shape index (κ1) is 19.3. The van der Waals surface area contributed by atoms with Crippen molar-refractivity contribution in [2.24, 2.45) is 0 Å². The van der Waals surface area contributed by atoms with E-state index in [0.717, 1.165) is 17.0 Å². The third-order valence-corrected chi connectivity index (χ3v) is 5.84. The van der Waals surface area contributed by atoms with E-state index in [0.29, 0.717) is 11.6 Å². The van der Waals surface area contributed by atoms with Gasteiger partial charge in [-0.25, -0.2) is 4.98 Å². The highest BCUT2D eigenvalue weighted by Crippen LogP contribution is 2.36. The summed E-state index contributed by atoms with van der Waals surface area (Å²) in [4.78, 5) is 4.89. The summed E-state index contributed by atoms with van der Waals surface area (Å²) in [5.74, 6) is 0.866. The van der Waals surface area contributed by atoms with Crippen LogP contribution in [0.5, 0.6) is 0 Å². The summed E-state index contributed by atoms with van der Waals surface area (Å²) >= 11 is 6.07. The summed E-state index contributed by atoms with van der Waals surface area (Å²) in [7, 11) is -0.493. The first-order valence-corrected chi connectivity index (χ1v) is 9.85. The number of nitrogens with zero attached hydrogens (tertiary/aromatic N) is 2. The monoisotopic (exact) mass is 394 g/mol. The Balaban J connectivity index is 1.73. The molecule has 1 saturated heterocycles. The average molecular weight is 395 g/mol. The van der Waals surface area contributed by atoms with Crippen LogP contribution in [0.25, 0.3) is 11.4 Å². The number of imidazole rings is 1. The molecule has 0 amide bonds. The minimum absolute atomic E-state index is 0.401. The molecule has 28 heavy (non-hydrogen) atoms. The van der Waals surface area contributed by atoms with Crippen LogP contribution in [0.4, 0.5) is 0 Å². The van der Waals surface area contributed by atoms with Crippen molar-refractivity contribution < 1.29 is 9.31 Å². The second-order valence-electron chi connectivity index (χ2n) is 8.20. The summed E-state index contributed by atoms with van der Waals surface area (Å²) in [6.45, 7) is 8.91. The molecule has 2 heterocycles. The molecular formula is C22H24BClN2O2. The Hall–Kier alpha value is -2.08. The Morgan fingerprint density at radius 3 is 2.14 bits per heavy atom. The molecule has 0 saturated carbocycles. The van der Waals surface area contributed by atoms with Crippen LogP contribution in [0.15, 0.2) is 60.8 Å². The standard InChI is InChI=1S/C22H24BClN2O2/c1-21(2)22(3,4)28-23(27-21)19-15-26(14-16-8-6-5-7-9-16)20(25-19)17-10-12-18(24)13-11-17/h5-13,15H,14H2,1-4H3. The van der Waals surface area contributed by atoms with Crippen LogP contribution in [-0.2, 0) is 15.9 Å². The normalized spacial score (nSPS) is 17.8. The summed E-state index contributed by atoms with van der Waals surface area (Å²) in [6.07, 6.45) is 2.03. The van der Waals surface area contributed by atoms with Gasteiger partial charge in [0.25, 0.3) is 0 Å². The van der Waals surface area contributed by atoms with Gasteiger partial charge in [0.1, 0.15) is 5.82 Å². The zero-order valence-electron chi connectivity index (χ0n) is 16.6. The van der Waals surface area contributed by atoms with Gasteiger partial charge in [0.2, 0.25) is 0 Å². The van der Waals surface area contributed by atoms with Crippen LogP contribution in [0.3, 0.4) is 0 Å². The van der Waals surface area contributed by atoms with Crippen LogP contribution < -0.4 is 5.59 Å². The van der Waals surface area contributed by atoms with Gasteiger partial charge >= 0.3 is 7.12 Å². The van der Waals surface area contributed by atoms with Gasteiger partial charge in [-0.05, 0) is 57.5 Å². The van der Waals surface area contributed by atoms with Gasteiger partial charge in [0, 0.05) is 23.3 Å². The third kappa shape index (κ3) is 3.62. The summed E-state index contributed by atoms with van der Waals surface area (Å²) in [6, 6.07) is 18.1. The molecule has 6 heteroatoms. The Morgan fingerprint density at radius 2 is 1.54 bits per heavy atom. The minimum atomic E-state index is -0.493. The number of benzene rings is 2. The van der Waals surface area contributed by atoms with Crippen LogP contribution in [0, 0.1) is 0 Å². The Bertz CT molecular complexity index is 952. The van der Waals surface area contributed by atoms with Gasteiger partial charge in [0.15, 0.2) is 0 Å². The van der Waals surface area contributed by atoms with E-state index < -0.39 is 18.3 Å². The minimum Gasteiger partial charge on any atom is -0.398 e. The van der Waals surface area contributed by atoms with Gasteiger partial charge in [-0.3, -0.25) is 0 Å². The highest BCUT2D eigenvalue weighted by molar-refractivity contribution is 6.61. The van der Waals surface area contributed by atoms with E-state index in [1.54, 1.807) is 0 Å². The zero-order valence-corrected chi connectivity index (χ0v) is 17.4. The molecule has 1 aliphatic rings. The van der Waals surface area contributed by atoms with E-state index in [-0.39, 0.29) is 0 Å². The molecule has 4 rings (SSSR count). The fourth-order valence-corrected chi connectivity index (χ4v) is 3.37. The highest BCUT2D eigenvalue weighted by Gasteiger charge is 2.52. The number of rotatable bonds is 4. The summed E-state index contributed by atoms with van der Waals surface area (Å²) in [5.41, 5.74) is 2.18. The largest absolute Gasteiger partial charge is 0.516 e. The predicted octanol–water partition coefficient (Wildman–Crippen LogP) is 4.55. The SMILES string of the molecule is CC1(C)OB(c2cn(Cc3ccccc3)c(-c3ccc(Cl)cc3)n2)OC1(C)C. The molecule has 1 fully saturated rings. The molecule has 1 aromatic heterocycles. The quantitative estimate of drug-likeness (QED) is 0.609. The first-order valence-electron chi connectivity index (χ1n) is 9.48. The van der Waals surface area contributed by atoms with Crippen molar-refractivity contribution >= 4 is 24.3 Å². The van der Waals surface area contributed by atoms with E-state index >= 15 is 0 Å². The number of hydrogen-bond acceptors (Lipinski definition) is 3. The smallest absolute Gasteiger partial charge is 0.398 e. The lowest BCUT2D eigenvalue weighted by molar-refractivity contribution is 0.00578. The highest BCUT2D eigenvalue weighted by atomic mass is 35.5. The van der Waals surface area contributed by atoms with Crippen molar-refractivity contribution in [1.82, 2.24) is 9.55 Å². The van der Waals surface area contributed by atoms with Gasteiger partial charge in [0.05, 0.1) is 16.8 Å². The molecule has 3 aromatic rings. The van der Waals surface area contributed by atoms with Gasteiger partial charge in [-0.2, -0.15) is 0 Å². The average Bonchev–Trinajstić information content (AvgIpc) is 3.15. The molecule has 0 spiro atoms. The Kier molecular flexibility index (Phi) is 4.86. The van der Waals surface area contributed by atoms with E-state index in [4.69, 9.17) is 25.9 Å². The molecule has 0 atom stereocenters. The van der Waals surface area contributed by atoms with Gasteiger partial charge < -0.3 is 13.9 Å². The van der Waals surface area contributed by atoms with Crippen LogP contribution >= 0.6 is 11.6 Å². The third-order valence-electron chi connectivity index (χ3n) is 5.59. The van der Waals surface area contributed by atoms with Gasteiger partial charge in [-0.15, -0.1) is 0 Å². The van der Waals surface area contributed by atoms with E-state index in [1.807, 2.05) is 76.4 Å². The van der Waals surface area contributed by atoms with E-state index in [1.165, 1.54) is 5.56 Å². The maximum Gasteiger partial charge on any atom is 0.516 e. The summed E-state index contributed by atoms with van der Waals surface area (Å²) in [5, 5.41) is 0.705. The van der Waals surface area contributed by atoms with Crippen molar-refractivity contribution in [2.45, 2.75) is 45.4 Å². The molecule has 0 bridgehead atoms. The molecule has 144 valence electrons. The number of halogens is 1. The molecule has 0 radical (unpaired) electrons. The van der Waals surface area contributed by atoms with Crippen LogP contribution in [0.2, 0.25) is 5.02 Å². The van der Waals surface area contributed by atoms with Gasteiger partial charge in [-0.1, -0.05) is 41.9 Å². The van der Waals surface area contributed by atoms with Crippen molar-refractivity contribution in [3.63, 3.8) is 0 Å². The van der Waals surface area contributed by atoms with Crippen molar-refractivity contribution in [3.05, 3.63) is 71.4 Å². The summed E-state index contributed by atoms with van der Waals surface area (Å²) < 4.78 is 14.5. The molecule has 0 unspecified atom stereocenters. The Labute approximate surface area is 171 Å². The molecule has 1 aliphatic heterocycles. The second kappa shape index (κ2) is 7.07. The van der Waals surface area contributed by atoms with Crippen molar-refractivity contribution in [2.75, 3.05) is 0 Å². The molecule has 4 nitrogen and oxygen atoms in total. The maximum absolute atomic E-state index is 6.20. The van der Waals surface area contributed by atoms with Crippen molar-refractivity contribution in [3.8, 4) is 11.4 Å². The fourth-order valence-electron chi connectivity index (χ4n) is 3.24. The predicted molar refractivity (Wildman–Crippen MR) is 114 cm³/mol. The number of aromatic nitrogens is 2. The zero-order chi connectivity index (χ0) is 19.9. The Morgan fingerprint density at radius 1 is 0.929 bits per heavy atom. The van der Waals surface area contributed by atoms with Crippen LogP contribution in [0.1, 0.15) is 33.3 Å². The van der Waals surface area contributed by atoms with Crippen molar-refractivity contribution in [1.29, 1.82) is 0 Å². The second-order valence-corrected chi connectivity index (χ2v) is 8.63.